The molecule has 1 fully saturated rings. The third kappa shape index (κ3) is 3.49. The van der Waals surface area contributed by atoms with Crippen molar-refractivity contribution in [3.63, 3.8) is 0 Å². The molecule has 3 aliphatic rings. The molecule has 2 aromatic rings. The Morgan fingerprint density at radius 1 is 0.840 bits per heavy atom. The van der Waals surface area contributed by atoms with Crippen molar-refractivity contribution in [2.24, 2.45) is 5.84 Å². The number of fused-ring (bicyclic) bond motifs is 3. The molecule has 0 amide bonds. The van der Waals surface area contributed by atoms with E-state index in [1.807, 2.05) is 17.3 Å². The van der Waals surface area contributed by atoms with Crippen LogP contribution in [0.3, 0.4) is 0 Å². The van der Waals surface area contributed by atoms with E-state index < -0.39 is 0 Å². The molecular formula is C22H29N3. The number of piperidine rings is 1. The van der Waals surface area contributed by atoms with Gasteiger partial charge in [0, 0.05) is 25.0 Å². The summed E-state index contributed by atoms with van der Waals surface area (Å²) in [5.41, 5.74) is 6.44. The maximum absolute atomic E-state index is 5.84. The molecule has 1 aliphatic heterocycles. The normalized spacial score (nSPS) is 21.2. The molecular weight excluding hydrogens is 306 g/mol. The van der Waals surface area contributed by atoms with Gasteiger partial charge in [0.25, 0.3) is 0 Å². The van der Waals surface area contributed by atoms with E-state index >= 15 is 0 Å². The van der Waals surface area contributed by atoms with E-state index in [9.17, 15) is 0 Å². The second kappa shape index (κ2) is 7.27. The SMILES string of the molecule is NN1CCC2(CCc3ccccc32)CC1.c1cnc2c(c1)CCCC2. The van der Waals surface area contributed by atoms with E-state index in [1.54, 1.807) is 11.1 Å². The molecule has 0 unspecified atom stereocenters. The highest BCUT2D eigenvalue weighted by molar-refractivity contribution is 5.39. The van der Waals surface area contributed by atoms with Crippen LogP contribution in [0.25, 0.3) is 0 Å². The van der Waals surface area contributed by atoms with Gasteiger partial charge in [-0.05, 0) is 79.5 Å². The summed E-state index contributed by atoms with van der Waals surface area (Å²) in [4.78, 5) is 4.32. The molecule has 2 aliphatic carbocycles. The fraction of sp³-hybridized carbons (Fsp3) is 0.500. The minimum absolute atomic E-state index is 0.465. The Balaban J connectivity index is 0.000000136. The number of aryl methyl sites for hydroxylation is 3. The largest absolute Gasteiger partial charge is 0.269 e. The van der Waals surface area contributed by atoms with E-state index in [-0.39, 0.29) is 0 Å². The Hall–Kier alpha value is -1.71. The topological polar surface area (TPSA) is 42.1 Å². The molecule has 1 aromatic carbocycles. The molecule has 0 radical (unpaired) electrons. The van der Waals surface area contributed by atoms with Crippen molar-refractivity contribution in [1.29, 1.82) is 0 Å². The van der Waals surface area contributed by atoms with Crippen LogP contribution in [0.15, 0.2) is 42.6 Å². The molecule has 2 N–H and O–H groups in total. The summed E-state index contributed by atoms with van der Waals surface area (Å²) < 4.78 is 0. The first kappa shape index (κ1) is 16.7. The number of benzene rings is 1. The van der Waals surface area contributed by atoms with Crippen LogP contribution in [-0.4, -0.2) is 23.1 Å². The van der Waals surface area contributed by atoms with Gasteiger partial charge in [0.1, 0.15) is 0 Å². The zero-order valence-electron chi connectivity index (χ0n) is 15.1. The Bertz CT molecular complexity index is 692. The van der Waals surface area contributed by atoms with Crippen LogP contribution in [0.4, 0.5) is 0 Å². The summed E-state index contributed by atoms with van der Waals surface area (Å²) in [6.45, 7) is 2.10. The van der Waals surface area contributed by atoms with Gasteiger partial charge in [-0.3, -0.25) is 10.8 Å². The van der Waals surface area contributed by atoms with Crippen LogP contribution < -0.4 is 5.84 Å². The van der Waals surface area contributed by atoms with Crippen molar-refractivity contribution in [3.8, 4) is 0 Å². The predicted molar refractivity (Wildman–Crippen MR) is 102 cm³/mol. The van der Waals surface area contributed by atoms with Crippen LogP contribution in [-0.2, 0) is 24.7 Å². The van der Waals surface area contributed by atoms with E-state index in [2.05, 4.69) is 35.3 Å². The van der Waals surface area contributed by atoms with Gasteiger partial charge in [-0.15, -0.1) is 0 Å². The number of hydrogen-bond donors (Lipinski definition) is 1. The molecule has 25 heavy (non-hydrogen) atoms. The maximum atomic E-state index is 5.84. The van der Waals surface area contributed by atoms with E-state index in [0.717, 1.165) is 13.1 Å². The van der Waals surface area contributed by atoms with E-state index in [0.29, 0.717) is 5.41 Å². The predicted octanol–water partition coefficient (Wildman–Crippen LogP) is 3.80. The smallest absolute Gasteiger partial charge is 0.0435 e. The lowest BCUT2D eigenvalue weighted by atomic mass is 9.74. The van der Waals surface area contributed by atoms with E-state index in [4.69, 9.17) is 5.84 Å². The first-order valence-corrected chi connectivity index (χ1v) is 9.78. The maximum Gasteiger partial charge on any atom is 0.0435 e. The monoisotopic (exact) mass is 335 g/mol. The molecule has 0 saturated carbocycles. The standard InChI is InChI=1S/C13H18N2.C9H11N/c14-15-9-7-13(8-10-15)6-5-11-3-1-2-4-12(11)13;1-2-6-9-8(4-1)5-3-7-10-9/h1-4H,5-10,14H2;3,5,7H,1-2,4,6H2. The average Bonchev–Trinajstić information content (AvgIpc) is 3.04. The highest BCUT2D eigenvalue weighted by atomic mass is 15.4. The molecule has 132 valence electrons. The lowest BCUT2D eigenvalue weighted by Crippen LogP contribution is -2.44. The van der Waals surface area contributed by atoms with Gasteiger partial charge >= 0.3 is 0 Å². The Morgan fingerprint density at radius 2 is 1.60 bits per heavy atom. The van der Waals surface area contributed by atoms with Gasteiger partial charge in [0.05, 0.1) is 0 Å². The van der Waals surface area contributed by atoms with Gasteiger partial charge in [-0.1, -0.05) is 30.3 Å². The molecule has 1 aromatic heterocycles. The van der Waals surface area contributed by atoms with Crippen LogP contribution >= 0.6 is 0 Å². The third-order valence-corrected chi connectivity index (χ3v) is 6.31. The average molecular weight is 335 g/mol. The van der Waals surface area contributed by atoms with Crippen molar-refractivity contribution in [2.75, 3.05) is 13.1 Å². The van der Waals surface area contributed by atoms with Gasteiger partial charge < -0.3 is 0 Å². The highest BCUT2D eigenvalue weighted by Crippen LogP contribution is 2.45. The summed E-state index contributed by atoms with van der Waals surface area (Å²) in [6.07, 6.45) is 12.1. The summed E-state index contributed by atoms with van der Waals surface area (Å²) in [6, 6.07) is 13.2. The first-order valence-electron chi connectivity index (χ1n) is 9.78. The fourth-order valence-electron chi connectivity index (χ4n) is 4.77. The number of nitrogens with two attached hydrogens (primary N) is 1. The highest BCUT2D eigenvalue weighted by Gasteiger charge is 2.40. The molecule has 3 heteroatoms. The van der Waals surface area contributed by atoms with Gasteiger partial charge in [0.15, 0.2) is 0 Å². The fourth-order valence-corrected chi connectivity index (χ4v) is 4.77. The second-order valence-corrected chi connectivity index (χ2v) is 7.79. The number of pyridine rings is 1. The lowest BCUT2D eigenvalue weighted by molar-refractivity contribution is 0.161. The molecule has 0 atom stereocenters. The van der Waals surface area contributed by atoms with Crippen molar-refractivity contribution in [2.45, 2.75) is 56.8 Å². The molecule has 5 rings (SSSR count). The van der Waals surface area contributed by atoms with Gasteiger partial charge in [0.2, 0.25) is 0 Å². The number of hydrogen-bond acceptors (Lipinski definition) is 3. The van der Waals surface area contributed by atoms with Crippen LogP contribution in [0.5, 0.6) is 0 Å². The molecule has 0 bridgehead atoms. The number of rotatable bonds is 0. The number of nitrogens with zero attached hydrogens (tertiary/aromatic N) is 2. The third-order valence-electron chi connectivity index (χ3n) is 6.31. The summed E-state index contributed by atoms with van der Waals surface area (Å²) >= 11 is 0. The minimum atomic E-state index is 0.465. The zero-order chi connectivity index (χ0) is 17.1. The first-order chi connectivity index (χ1) is 12.3. The molecule has 3 nitrogen and oxygen atoms in total. The number of aromatic nitrogens is 1. The minimum Gasteiger partial charge on any atom is -0.269 e. The van der Waals surface area contributed by atoms with Crippen LogP contribution in [0, 0.1) is 0 Å². The Kier molecular flexibility index (Phi) is 4.87. The van der Waals surface area contributed by atoms with Gasteiger partial charge in [-0.2, -0.15) is 0 Å². The summed E-state index contributed by atoms with van der Waals surface area (Å²) in [7, 11) is 0. The Morgan fingerprint density at radius 3 is 2.44 bits per heavy atom. The Labute approximate surface area is 151 Å². The zero-order valence-corrected chi connectivity index (χ0v) is 15.1. The van der Waals surface area contributed by atoms with Crippen LogP contribution in [0.1, 0.15) is 54.5 Å². The van der Waals surface area contributed by atoms with Crippen molar-refractivity contribution in [3.05, 3.63) is 65.0 Å². The van der Waals surface area contributed by atoms with Crippen LogP contribution in [0.2, 0.25) is 0 Å². The van der Waals surface area contributed by atoms with Crippen molar-refractivity contribution in [1.82, 2.24) is 9.99 Å². The summed E-state index contributed by atoms with van der Waals surface area (Å²) in [5, 5.41) is 1.96. The van der Waals surface area contributed by atoms with Gasteiger partial charge in [-0.25, -0.2) is 5.01 Å². The summed E-state index contributed by atoms with van der Waals surface area (Å²) in [5.74, 6) is 5.84. The molecule has 1 saturated heterocycles. The van der Waals surface area contributed by atoms with Crippen molar-refractivity contribution >= 4 is 0 Å². The van der Waals surface area contributed by atoms with Crippen molar-refractivity contribution < 1.29 is 0 Å². The van der Waals surface area contributed by atoms with E-state index in [1.165, 1.54) is 62.6 Å². The quantitative estimate of drug-likeness (QED) is 0.745. The number of hydrazine groups is 1. The molecule has 2 heterocycles. The lowest BCUT2D eigenvalue weighted by Gasteiger charge is -2.38. The second-order valence-electron chi connectivity index (χ2n) is 7.79. The molecule has 1 spiro atoms.